The number of rotatable bonds is 4. The van der Waals surface area contributed by atoms with E-state index in [1.807, 2.05) is 0 Å². The minimum Gasteiger partial charge on any atom is -0.492 e. The van der Waals surface area contributed by atoms with E-state index in [1.54, 1.807) is 12.1 Å². The molecule has 1 aromatic rings. The van der Waals surface area contributed by atoms with Crippen molar-refractivity contribution < 1.29 is 9.13 Å². The highest BCUT2D eigenvalue weighted by molar-refractivity contribution is 5.21. The monoisotopic (exact) mass is 252 g/mol. The standard InChI is InChI=1S/C14H21FN2O/c1-14(2)11-16-7-8-17(14)9-10-18-13-5-3-12(15)4-6-13/h3-6,16H,7-11H2,1-2H3. The van der Waals surface area contributed by atoms with Crippen LogP contribution in [0.15, 0.2) is 24.3 Å². The van der Waals surface area contributed by atoms with Gasteiger partial charge in [0.2, 0.25) is 0 Å². The van der Waals surface area contributed by atoms with E-state index in [4.69, 9.17) is 4.74 Å². The van der Waals surface area contributed by atoms with Crippen molar-refractivity contribution in [3.63, 3.8) is 0 Å². The Morgan fingerprint density at radius 2 is 2.06 bits per heavy atom. The summed E-state index contributed by atoms with van der Waals surface area (Å²) in [5, 5.41) is 3.40. The maximum absolute atomic E-state index is 12.7. The molecule has 4 heteroatoms. The fourth-order valence-electron chi connectivity index (χ4n) is 2.24. The first-order valence-corrected chi connectivity index (χ1v) is 6.42. The average Bonchev–Trinajstić information content (AvgIpc) is 2.33. The molecule has 18 heavy (non-hydrogen) atoms. The van der Waals surface area contributed by atoms with Crippen molar-refractivity contribution in [3.8, 4) is 5.75 Å². The van der Waals surface area contributed by atoms with E-state index in [-0.39, 0.29) is 11.4 Å². The quantitative estimate of drug-likeness (QED) is 0.885. The Hall–Kier alpha value is -1.13. The third-order valence-electron chi connectivity index (χ3n) is 3.42. The number of hydrogen-bond acceptors (Lipinski definition) is 3. The van der Waals surface area contributed by atoms with Gasteiger partial charge in [0.15, 0.2) is 0 Å². The third kappa shape index (κ3) is 3.43. The molecule has 0 saturated carbocycles. The summed E-state index contributed by atoms with van der Waals surface area (Å²) >= 11 is 0. The van der Waals surface area contributed by atoms with Crippen molar-refractivity contribution in [2.75, 3.05) is 32.8 Å². The topological polar surface area (TPSA) is 24.5 Å². The van der Waals surface area contributed by atoms with Crippen LogP contribution in [0.2, 0.25) is 0 Å². The van der Waals surface area contributed by atoms with E-state index in [9.17, 15) is 4.39 Å². The smallest absolute Gasteiger partial charge is 0.123 e. The van der Waals surface area contributed by atoms with Gasteiger partial charge in [0.05, 0.1) is 0 Å². The molecule has 1 fully saturated rings. The van der Waals surface area contributed by atoms with Crippen molar-refractivity contribution in [3.05, 3.63) is 30.1 Å². The normalized spacial score (nSPS) is 19.7. The van der Waals surface area contributed by atoms with E-state index in [1.165, 1.54) is 12.1 Å². The van der Waals surface area contributed by atoms with Gasteiger partial charge < -0.3 is 10.1 Å². The second-order valence-electron chi connectivity index (χ2n) is 5.28. The van der Waals surface area contributed by atoms with E-state index in [0.717, 1.165) is 31.9 Å². The molecular formula is C14H21FN2O. The fraction of sp³-hybridized carbons (Fsp3) is 0.571. The molecule has 3 nitrogen and oxygen atoms in total. The van der Waals surface area contributed by atoms with Crippen LogP contribution in [0.3, 0.4) is 0 Å². The predicted octanol–water partition coefficient (Wildman–Crippen LogP) is 1.89. The van der Waals surface area contributed by atoms with Crippen molar-refractivity contribution >= 4 is 0 Å². The summed E-state index contributed by atoms with van der Waals surface area (Å²) in [5.74, 6) is 0.495. The van der Waals surface area contributed by atoms with Gasteiger partial charge in [-0.25, -0.2) is 4.39 Å². The molecule has 1 saturated heterocycles. The molecule has 0 amide bonds. The summed E-state index contributed by atoms with van der Waals surface area (Å²) in [6.45, 7) is 9.07. The minimum absolute atomic E-state index is 0.171. The Morgan fingerprint density at radius 1 is 1.33 bits per heavy atom. The molecule has 0 aliphatic carbocycles. The molecular weight excluding hydrogens is 231 g/mol. The first-order valence-electron chi connectivity index (χ1n) is 6.42. The SMILES string of the molecule is CC1(C)CNCCN1CCOc1ccc(F)cc1. The molecule has 100 valence electrons. The van der Waals surface area contributed by atoms with Gasteiger partial charge in [0.25, 0.3) is 0 Å². The Labute approximate surface area is 108 Å². The zero-order chi connectivity index (χ0) is 13.0. The van der Waals surface area contributed by atoms with Gasteiger partial charge in [0, 0.05) is 31.7 Å². The lowest BCUT2D eigenvalue weighted by Crippen LogP contribution is -2.58. The summed E-state index contributed by atoms with van der Waals surface area (Å²) in [6, 6.07) is 6.17. The summed E-state index contributed by atoms with van der Waals surface area (Å²) in [5.41, 5.74) is 0.171. The lowest BCUT2D eigenvalue weighted by atomic mass is 10.0. The Balaban J connectivity index is 1.79. The van der Waals surface area contributed by atoms with E-state index in [2.05, 4.69) is 24.1 Å². The largest absolute Gasteiger partial charge is 0.492 e. The second-order valence-corrected chi connectivity index (χ2v) is 5.28. The van der Waals surface area contributed by atoms with Gasteiger partial charge in [-0.1, -0.05) is 0 Å². The van der Waals surface area contributed by atoms with E-state index < -0.39 is 0 Å². The number of ether oxygens (including phenoxy) is 1. The maximum atomic E-state index is 12.7. The number of piperazine rings is 1. The maximum Gasteiger partial charge on any atom is 0.123 e. The van der Waals surface area contributed by atoms with Crippen molar-refractivity contribution in [1.29, 1.82) is 0 Å². The molecule has 1 aliphatic rings. The zero-order valence-corrected chi connectivity index (χ0v) is 11.1. The van der Waals surface area contributed by atoms with Gasteiger partial charge in [-0.3, -0.25) is 4.90 Å². The number of hydrogen-bond donors (Lipinski definition) is 1. The summed E-state index contributed by atoms with van der Waals surface area (Å²) in [7, 11) is 0. The van der Waals surface area contributed by atoms with Gasteiger partial charge in [-0.05, 0) is 38.1 Å². The molecule has 2 rings (SSSR count). The molecule has 0 spiro atoms. The van der Waals surface area contributed by atoms with Crippen LogP contribution in [0.4, 0.5) is 4.39 Å². The van der Waals surface area contributed by atoms with Gasteiger partial charge in [-0.2, -0.15) is 0 Å². The fourth-order valence-corrected chi connectivity index (χ4v) is 2.24. The van der Waals surface area contributed by atoms with Crippen LogP contribution in [0.25, 0.3) is 0 Å². The molecule has 1 aliphatic heterocycles. The average molecular weight is 252 g/mol. The first-order chi connectivity index (χ1) is 8.58. The van der Waals surface area contributed by atoms with Crippen LogP contribution in [0, 0.1) is 5.82 Å². The molecule has 0 bridgehead atoms. The molecule has 1 aromatic carbocycles. The molecule has 0 atom stereocenters. The van der Waals surface area contributed by atoms with E-state index >= 15 is 0 Å². The first kappa shape index (κ1) is 13.3. The van der Waals surface area contributed by atoms with Gasteiger partial charge >= 0.3 is 0 Å². The van der Waals surface area contributed by atoms with Crippen molar-refractivity contribution in [2.24, 2.45) is 0 Å². The zero-order valence-electron chi connectivity index (χ0n) is 11.1. The predicted molar refractivity (Wildman–Crippen MR) is 70.4 cm³/mol. The molecule has 0 radical (unpaired) electrons. The van der Waals surface area contributed by atoms with E-state index in [0.29, 0.717) is 6.61 Å². The lowest BCUT2D eigenvalue weighted by Gasteiger charge is -2.42. The van der Waals surface area contributed by atoms with Crippen LogP contribution in [-0.2, 0) is 0 Å². The number of benzene rings is 1. The number of nitrogens with zero attached hydrogens (tertiary/aromatic N) is 1. The van der Waals surface area contributed by atoms with Gasteiger partial charge in [-0.15, -0.1) is 0 Å². The minimum atomic E-state index is -0.231. The van der Waals surface area contributed by atoms with Crippen LogP contribution in [0.1, 0.15) is 13.8 Å². The Morgan fingerprint density at radius 3 is 2.72 bits per heavy atom. The molecule has 0 aromatic heterocycles. The second kappa shape index (κ2) is 5.67. The number of nitrogens with one attached hydrogen (secondary N) is 1. The summed E-state index contributed by atoms with van der Waals surface area (Å²) in [4.78, 5) is 2.42. The third-order valence-corrected chi connectivity index (χ3v) is 3.42. The summed E-state index contributed by atoms with van der Waals surface area (Å²) < 4.78 is 18.4. The highest BCUT2D eigenvalue weighted by Crippen LogP contribution is 2.16. The number of halogens is 1. The van der Waals surface area contributed by atoms with Crippen LogP contribution < -0.4 is 10.1 Å². The molecule has 1 N–H and O–H groups in total. The van der Waals surface area contributed by atoms with Crippen molar-refractivity contribution in [2.45, 2.75) is 19.4 Å². The highest BCUT2D eigenvalue weighted by atomic mass is 19.1. The summed E-state index contributed by atoms with van der Waals surface area (Å²) in [6.07, 6.45) is 0. The van der Waals surface area contributed by atoms with Gasteiger partial charge in [0.1, 0.15) is 18.2 Å². The Kier molecular flexibility index (Phi) is 4.19. The van der Waals surface area contributed by atoms with Crippen molar-refractivity contribution in [1.82, 2.24) is 10.2 Å². The van der Waals surface area contributed by atoms with Crippen LogP contribution in [0.5, 0.6) is 5.75 Å². The molecule has 1 heterocycles. The lowest BCUT2D eigenvalue weighted by molar-refractivity contribution is 0.0743. The Bertz CT molecular complexity index is 378. The molecule has 0 unspecified atom stereocenters. The van der Waals surface area contributed by atoms with Crippen LogP contribution in [-0.4, -0.2) is 43.2 Å². The highest BCUT2D eigenvalue weighted by Gasteiger charge is 2.28. The van der Waals surface area contributed by atoms with Crippen LogP contribution >= 0.6 is 0 Å².